The zero-order chi connectivity index (χ0) is 28.5. The Balaban J connectivity index is 1.47. The highest BCUT2D eigenvalue weighted by Gasteiger charge is 2.45. The second kappa shape index (κ2) is 11.8. The van der Waals surface area contributed by atoms with Crippen LogP contribution in [0.5, 0.6) is 0 Å². The van der Waals surface area contributed by atoms with Gasteiger partial charge in [-0.1, -0.05) is 31.7 Å². The molecule has 2 amide bonds. The number of nitrogens with one attached hydrogen (secondary N) is 1. The largest absolute Gasteiger partial charge is 0.351 e. The number of carbonyl (C=O) groups is 2. The Labute approximate surface area is 234 Å². The van der Waals surface area contributed by atoms with Crippen LogP contribution in [0, 0.1) is 35.3 Å². The number of benzene rings is 1. The van der Waals surface area contributed by atoms with Gasteiger partial charge in [-0.25, -0.2) is 8.78 Å². The lowest BCUT2D eigenvalue weighted by molar-refractivity contribution is -0.137. The molecule has 1 unspecified atom stereocenters. The van der Waals surface area contributed by atoms with Crippen molar-refractivity contribution in [1.82, 2.24) is 15.1 Å². The van der Waals surface area contributed by atoms with Crippen molar-refractivity contribution in [1.29, 1.82) is 0 Å². The molecule has 1 aromatic rings. The van der Waals surface area contributed by atoms with Crippen molar-refractivity contribution in [3.05, 3.63) is 35.4 Å². The Morgan fingerprint density at radius 1 is 0.974 bits per heavy atom. The molecule has 3 aliphatic rings. The SMILES string of the molecule is CC(=O)NC(C)(C)CC(C1CCCC1)C1CCN(C(=O)[C@@H]2CN(C(C)(C)C)C[C@H]2c2ccc(F)cc2F)CC1. The van der Waals surface area contributed by atoms with Crippen LogP contribution in [0.4, 0.5) is 8.78 Å². The number of rotatable bonds is 7. The summed E-state index contributed by atoms with van der Waals surface area (Å²) < 4.78 is 28.6. The fourth-order valence-corrected chi connectivity index (χ4v) is 7.72. The van der Waals surface area contributed by atoms with Crippen LogP contribution in [0.3, 0.4) is 0 Å². The number of piperidine rings is 1. The van der Waals surface area contributed by atoms with E-state index in [-0.39, 0.29) is 34.7 Å². The summed E-state index contributed by atoms with van der Waals surface area (Å²) in [5, 5.41) is 3.16. The monoisotopic (exact) mass is 545 g/mol. The van der Waals surface area contributed by atoms with Crippen LogP contribution < -0.4 is 5.32 Å². The highest BCUT2D eigenvalue weighted by atomic mass is 19.1. The fourth-order valence-electron chi connectivity index (χ4n) is 7.72. The van der Waals surface area contributed by atoms with Gasteiger partial charge in [-0.3, -0.25) is 14.5 Å². The Morgan fingerprint density at radius 2 is 1.59 bits per heavy atom. The summed E-state index contributed by atoms with van der Waals surface area (Å²) in [6.45, 7) is 14.8. The fraction of sp³-hybridized carbons (Fsp3) is 0.750. The maximum atomic E-state index is 14.9. The first-order valence-corrected chi connectivity index (χ1v) is 15.0. The Morgan fingerprint density at radius 3 is 2.15 bits per heavy atom. The van der Waals surface area contributed by atoms with E-state index in [1.54, 1.807) is 6.92 Å². The average molecular weight is 546 g/mol. The molecule has 1 aromatic carbocycles. The molecule has 2 heterocycles. The molecule has 0 spiro atoms. The molecule has 2 saturated heterocycles. The van der Waals surface area contributed by atoms with Gasteiger partial charge in [0.2, 0.25) is 11.8 Å². The smallest absolute Gasteiger partial charge is 0.227 e. The summed E-state index contributed by atoms with van der Waals surface area (Å²) in [5.41, 5.74) is 0.0444. The highest BCUT2D eigenvalue weighted by Crippen LogP contribution is 2.44. The van der Waals surface area contributed by atoms with E-state index in [1.165, 1.54) is 37.8 Å². The molecule has 39 heavy (non-hydrogen) atoms. The topological polar surface area (TPSA) is 52.7 Å². The summed E-state index contributed by atoms with van der Waals surface area (Å²) >= 11 is 0. The zero-order valence-corrected chi connectivity index (χ0v) is 24.9. The van der Waals surface area contributed by atoms with Crippen LogP contribution in [0.1, 0.15) is 98.0 Å². The van der Waals surface area contributed by atoms with Gasteiger partial charge in [0.15, 0.2) is 0 Å². The van der Waals surface area contributed by atoms with Crippen LogP contribution in [0.25, 0.3) is 0 Å². The minimum Gasteiger partial charge on any atom is -0.351 e. The molecule has 0 aromatic heterocycles. The number of hydrogen-bond acceptors (Lipinski definition) is 3. The van der Waals surface area contributed by atoms with Gasteiger partial charge in [0.1, 0.15) is 11.6 Å². The molecule has 2 aliphatic heterocycles. The van der Waals surface area contributed by atoms with Crippen molar-refractivity contribution < 1.29 is 18.4 Å². The number of hydrogen-bond donors (Lipinski definition) is 1. The molecular formula is C32H49F2N3O2. The van der Waals surface area contributed by atoms with Crippen LogP contribution in [-0.4, -0.2) is 58.9 Å². The van der Waals surface area contributed by atoms with Gasteiger partial charge in [0, 0.05) is 56.2 Å². The summed E-state index contributed by atoms with van der Waals surface area (Å²) in [5.74, 6) is 0.0825. The number of likely N-dealkylation sites (tertiary alicyclic amines) is 2. The van der Waals surface area contributed by atoms with Crippen LogP contribution in [-0.2, 0) is 9.59 Å². The van der Waals surface area contributed by atoms with E-state index < -0.39 is 11.6 Å². The van der Waals surface area contributed by atoms with Crippen molar-refractivity contribution in [2.45, 2.75) is 103 Å². The molecule has 218 valence electrons. The maximum Gasteiger partial charge on any atom is 0.227 e. The molecule has 3 atom stereocenters. The second-order valence-electron chi connectivity index (χ2n) is 14.1. The third-order valence-electron chi connectivity index (χ3n) is 9.67. The third-order valence-corrected chi connectivity index (χ3v) is 9.67. The summed E-state index contributed by atoms with van der Waals surface area (Å²) in [6, 6.07) is 3.77. The number of carbonyl (C=O) groups excluding carboxylic acids is 2. The molecule has 7 heteroatoms. The number of nitrogens with zero attached hydrogens (tertiary/aromatic N) is 2. The van der Waals surface area contributed by atoms with E-state index in [1.807, 2.05) is 4.90 Å². The minimum atomic E-state index is -0.592. The standard InChI is InChI=1S/C32H49F2N3O2/c1-21(38)35-32(5,6)18-26(22-9-7-8-10-22)23-13-15-36(16-14-23)30(39)28-20-37(31(2,3)4)19-27(28)25-12-11-24(33)17-29(25)34/h11-12,17,22-23,26-28H,7-10,13-16,18-20H2,1-6H3,(H,35,38)/t26?,27-,28+/m0/s1. The lowest BCUT2D eigenvalue weighted by Gasteiger charge is -2.42. The van der Waals surface area contributed by atoms with Gasteiger partial charge in [-0.15, -0.1) is 0 Å². The number of amides is 2. The molecule has 3 fully saturated rings. The minimum absolute atomic E-state index is 0.0126. The van der Waals surface area contributed by atoms with E-state index >= 15 is 0 Å². The third kappa shape index (κ3) is 7.20. The first-order chi connectivity index (χ1) is 18.2. The van der Waals surface area contributed by atoms with Crippen molar-refractivity contribution in [2.75, 3.05) is 26.2 Å². The van der Waals surface area contributed by atoms with Gasteiger partial charge in [0.05, 0.1) is 5.92 Å². The molecule has 0 bridgehead atoms. The predicted molar refractivity (Wildman–Crippen MR) is 151 cm³/mol. The highest BCUT2D eigenvalue weighted by molar-refractivity contribution is 5.81. The van der Waals surface area contributed by atoms with E-state index in [0.29, 0.717) is 36.4 Å². The number of halogens is 2. The second-order valence-corrected chi connectivity index (χ2v) is 14.1. The average Bonchev–Trinajstić information content (AvgIpc) is 3.52. The van der Waals surface area contributed by atoms with Gasteiger partial charge in [0.25, 0.3) is 0 Å². The van der Waals surface area contributed by atoms with E-state index in [2.05, 4.69) is 44.8 Å². The van der Waals surface area contributed by atoms with Crippen molar-refractivity contribution in [3.8, 4) is 0 Å². The van der Waals surface area contributed by atoms with Crippen molar-refractivity contribution >= 4 is 11.8 Å². The lowest BCUT2D eigenvalue weighted by Crippen LogP contribution is -2.48. The van der Waals surface area contributed by atoms with Crippen molar-refractivity contribution in [3.63, 3.8) is 0 Å². The molecule has 1 saturated carbocycles. The van der Waals surface area contributed by atoms with Crippen LogP contribution in [0.2, 0.25) is 0 Å². The first-order valence-electron chi connectivity index (χ1n) is 15.0. The summed E-state index contributed by atoms with van der Waals surface area (Å²) in [4.78, 5) is 30.1. The van der Waals surface area contributed by atoms with E-state index in [4.69, 9.17) is 0 Å². The van der Waals surface area contributed by atoms with Gasteiger partial charge >= 0.3 is 0 Å². The lowest BCUT2D eigenvalue weighted by atomic mass is 9.70. The Hall–Kier alpha value is -2.02. The van der Waals surface area contributed by atoms with E-state index in [9.17, 15) is 18.4 Å². The first kappa shape index (κ1) is 30.0. The zero-order valence-electron chi connectivity index (χ0n) is 24.9. The predicted octanol–water partition coefficient (Wildman–Crippen LogP) is 6.13. The van der Waals surface area contributed by atoms with Crippen molar-refractivity contribution in [2.24, 2.45) is 23.7 Å². The van der Waals surface area contributed by atoms with Crippen LogP contribution >= 0.6 is 0 Å². The summed E-state index contributed by atoms with van der Waals surface area (Å²) in [7, 11) is 0. The molecule has 0 radical (unpaired) electrons. The maximum absolute atomic E-state index is 14.9. The molecular weight excluding hydrogens is 496 g/mol. The Bertz CT molecular complexity index is 1020. The quantitative estimate of drug-likeness (QED) is 0.449. The Kier molecular flexibility index (Phi) is 9.09. The molecule has 1 aliphatic carbocycles. The van der Waals surface area contributed by atoms with Gasteiger partial charge in [-0.2, -0.15) is 0 Å². The van der Waals surface area contributed by atoms with E-state index in [0.717, 1.165) is 38.4 Å². The van der Waals surface area contributed by atoms with Gasteiger partial charge in [-0.05, 0) is 83.3 Å². The van der Waals surface area contributed by atoms with Gasteiger partial charge < -0.3 is 10.2 Å². The molecule has 5 nitrogen and oxygen atoms in total. The molecule has 1 N–H and O–H groups in total. The normalized spacial score (nSPS) is 24.8. The van der Waals surface area contributed by atoms with Crippen LogP contribution in [0.15, 0.2) is 18.2 Å². The summed E-state index contributed by atoms with van der Waals surface area (Å²) in [6.07, 6.45) is 7.98. The molecule has 4 rings (SSSR count).